The van der Waals surface area contributed by atoms with E-state index in [0.29, 0.717) is 36.3 Å². The number of halogens is 2. The van der Waals surface area contributed by atoms with Crippen molar-refractivity contribution in [1.82, 2.24) is 24.9 Å². The molecule has 0 unspecified atom stereocenters. The minimum Gasteiger partial charge on any atom is -0.437 e. The lowest BCUT2D eigenvalue weighted by molar-refractivity contribution is -0.0873. The SMILES string of the molecule is CC1(O)CN(Cc2cc(Cl)cnc2Oc2ccc3c(nnn3CC3CC3)c2Br)C1. The number of nitrogens with zero attached hydrogens (tertiary/aromatic N) is 5. The summed E-state index contributed by atoms with van der Waals surface area (Å²) < 4.78 is 8.86. The maximum Gasteiger partial charge on any atom is 0.223 e. The smallest absolute Gasteiger partial charge is 0.223 e. The van der Waals surface area contributed by atoms with Crippen molar-refractivity contribution in [1.29, 1.82) is 0 Å². The van der Waals surface area contributed by atoms with E-state index in [9.17, 15) is 5.11 Å². The highest BCUT2D eigenvalue weighted by Gasteiger charge is 2.36. The summed E-state index contributed by atoms with van der Waals surface area (Å²) >= 11 is 9.79. The second-order valence-corrected chi connectivity index (χ2v) is 9.55. The summed E-state index contributed by atoms with van der Waals surface area (Å²) in [6.07, 6.45) is 4.10. The molecule has 3 aromatic rings. The fourth-order valence-electron chi connectivity index (χ4n) is 3.79. The van der Waals surface area contributed by atoms with Crippen LogP contribution in [0, 0.1) is 5.92 Å². The standard InChI is InChI=1S/C20H21BrClN5O2/c1-20(28)10-26(11-20)9-13-6-14(22)7-23-19(13)29-16-5-4-15-18(17(16)21)24-25-27(15)8-12-2-3-12/h4-7,12,28H,2-3,8-11H2,1H3. The van der Waals surface area contributed by atoms with Gasteiger partial charge in [-0.3, -0.25) is 4.90 Å². The maximum atomic E-state index is 9.98. The Morgan fingerprint density at radius 2 is 2.14 bits per heavy atom. The first-order valence-electron chi connectivity index (χ1n) is 9.67. The number of β-amino-alcohol motifs (C(OH)–C–C–N with tert-alkyl or cyclic N) is 1. The summed E-state index contributed by atoms with van der Waals surface area (Å²) in [7, 11) is 0. The van der Waals surface area contributed by atoms with E-state index in [1.54, 1.807) is 6.20 Å². The van der Waals surface area contributed by atoms with Crippen LogP contribution in [0.1, 0.15) is 25.3 Å². The van der Waals surface area contributed by atoms with E-state index in [1.807, 2.05) is 29.8 Å². The number of hydrogen-bond acceptors (Lipinski definition) is 6. The molecule has 2 fully saturated rings. The largest absolute Gasteiger partial charge is 0.437 e. The zero-order valence-corrected chi connectivity index (χ0v) is 18.3. The van der Waals surface area contributed by atoms with Crippen LogP contribution in [0.5, 0.6) is 11.6 Å². The Bertz CT molecular complexity index is 1070. The van der Waals surface area contributed by atoms with E-state index in [4.69, 9.17) is 16.3 Å². The van der Waals surface area contributed by atoms with Gasteiger partial charge in [-0.15, -0.1) is 5.10 Å². The average Bonchev–Trinajstić information content (AvgIpc) is 3.36. The molecule has 0 radical (unpaired) electrons. The van der Waals surface area contributed by atoms with Crippen molar-refractivity contribution in [2.45, 2.75) is 38.5 Å². The van der Waals surface area contributed by atoms with Gasteiger partial charge in [-0.05, 0) is 59.8 Å². The number of rotatable bonds is 6. The van der Waals surface area contributed by atoms with Crippen LogP contribution in [0.15, 0.2) is 28.9 Å². The summed E-state index contributed by atoms with van der Waals surface area (Å²) in [4.78, 5) is 6.52. The summed E-state index contributed by atoms with van der Waals surface area (Å²) in [6, 6.07) is 5.75. The van der Waals surface area contributed by atoms with Gasteiger partial charge in [-0.2, -0.15) is 0 Å². The lowest BCUT2D eigenvalue weighted by Gasteiger charge is -2.44. The molecule has 0 atom stereocenters. The Morgan fingerprint density at radius 1 is 1.34 bits per heavy atom. The fourth-order valence-corrected chi connectivity index (χ4v) is 4.47. The van der Waals surface area contributed by atoms with Crippen LogP contribution >= 0.6 is 27.5 Å². The average molecular weight is 479 g/mol. The number of hydrogen-bond donors (Lipinski definition) is 1. The third-order valence-corrected chi connectivity index (χ3v) is 6.31. The molecule has 0 bridgehead atoms. The van der Waals surface area contributed by atoms with Crippen molar-refractivity contribution in [3.63, 3.8) is 0 Å². The molecule has 1 aromatic carbocycles. The van der Waals surface area contributed by atoms with E-state index in [2.05, 4.69) is 36.1 Å². The first kappa shape index (κ1) is 19.2. The van der Waals surface area contributed by atoms with Crippen molar-refractivity contribution in [2.75, 3.05) is 13.1 Å². The van der Waals surface area contributed by atoms with Crippen molar-refractivity contribution in [3.8, 4) is 11.6 Å². The molecule has 1 saturated carbocycles. The predicted octanol–water partition coefficient (Wildman–Crippen LogP) is 4.01. The third-order valence-electron chi connectivity index (χ3n) is 5.34. The van der Waals surface area contributed by atoms with Gasteiger partial charge in [0.2, 0.25) is 5.88 Å². The van der Waals surface area contributed by atoms with Crippen LogP contribution in [0.25, 0.3) is 11.0 Å². The van der Waals surface area contributed by atoms with Gasteiger partial charge in [-0.1, -0.05) is 16.8 Å². The van der Waals surface area contributed by atoms with Gasteiger partial charge in [-0.25, -0.2) is 9.67 Å². The van der Waals surface area contributed by atoms with Crippen LogP contribution in [0.2, 0.25) is 5.02 Å². The molecular formula is C20H21BrClN5O2. The van der Waals surface area contributed by atoms with Gasteiger partial charge >= 0.3 is 0 Å². The second kappa shape index (κ2) is 7.19. The highest BCUT2D eigenvalue weighted by molar-refractivity contribution is 9.10. The number of fused-ring (bicyclic) bond motifs is 1. The molecule has 7 nitrogen and oxygen atoms in total. The van der Waals surface area contributed by atoms with E-state index in [1.165, 1.54) is 12.8 Å². The van der Waals surface area contributed by atoms with Crippen LogP contribution in [-0.2, 0) is 13.1 Å². The minimum atomic E-state index is -0.632. The molecule has 152 valence electrons. The molecule has 5 rings (SSSR count). The van der Waals surface area contributed by atoms with Gasteiger partial charge in [0.15, 0.2) is 0 Å². The molecule has 1 saturated heterocycles. The first-order valence-corrected chi connectivity index (χ1v) is 10.8. The van der Waals surface area contributed by atoms with Gasteiger partial charge in [0.25, 0.3) is 0 Å². The molecule has 1 aliphatic heterocycles. The Balaban J connectivity index is 1.41. The van der Waals surface area contributed by atoms with Crippen LogP contribution in [0.3, 0.4) is 0 Å². The zero-order chi connectivity index (χ0) is 20.2. The van der Waals surface area contributed by atoms with Crippen molar-refractivity contribution in [3.05, 3.63) is 39.5 Å². The number of likely N-dealkylation sites (tertiary alicyclic amines) is 1. The van der Waals surface area contributed by atoms with Gasteiger partial charge in [0, 0.05) is 37.9 Å². The van der Waals surface area contributed by atoms with Gasteiger partial charge in [0.1, 0.15) is 11.3 Å². The van der Waals surface area contributed by atoms with Crippen LogP contribution < -0.4 is 4.74 Å². The quantitative estimate of drug-likeness (QED) is 0.577. The molecule has 1 N–H and O–H groups in total. The summed E-state index contributed by atoms with van der Waals surface area (Å²) in [5, 5.41) is 19.2. The molecule has 0 amide bonds. The topological polar surface area (TPSA) is 76.3 Å². The maximum absolute atomic E-state index is 9.98. The zero-order valence-electron chi connectivity index (χ0n) is 16.0. The Labute approximate surface area is 181 Å². The van der Waals surface area contributed by atoms with E-state index in [-0.39, 0.29) is 0 Å². The Hall–Kier alpha value is -1.74. The first-order chi connectivity index (χ1) is 13.9. The highest BCUT2D eigenvalue weighted by Crippen LogP contribution is 2.37. The summed E-state index contributed by atoms with van der Waals surface area (Å²) in [6.45, 7) is 4.57. The minimum absolute atomic E-state index is 0.492. The highest BCUT2D eigenvalue weighted by atomic mass is 79.9. The summed E-state index contributed by atoms with van der Waals surface area (Å²) in [5.74, 6) is 1.84. The molecular weight excluding hydrogens is 458 g/mol. The molecule has 3 heterocycles. The number of aliphatic hydroxyl groups is 1. The van der Waals surface area contributed by atoms with E-state index < -0.39 is 5.60 Å². The Kier molecular flexibility index (Phi) is 4.77. The van der Waals surface area contributed by atoms with Crippen LogP contribution in [0.4, 0.5) is 0 Å². The lowest BCUT2D eigenvalue weighted by atomic mass is 9.96. The van der Waals surface area contributed by atoms with Crippen LogP contribution in [-0.4, -0.2) is 48.7 Å². The molecule has 1 aliphatic carbocycles. The molecule has 9 heteroatoms. The normalized spacial score (nSPS) is 18.8. The van der Waals surface area contributed by atoms with Crippen molar-refractivity contribution in [2.24, 2.45) is 5.92 Å². The van der Waals surface area contributed by atoms with E-state index in [0.717, 1.165) is 33.5 Å². The number of benzene rings is 1. The second-order valence-electron chi connectivity index (χ2n) is 8.32. The van der Waals surface area contributed by atoms with E-state index >= 15 is 0 Å². The number of aromatic nitrogens is 4. The Morgan fingerprint density at radius 3 is 2.86 bits per heavy atom. The summed E-state index contributed by atoms with van der Waals surface area (Å²) in [5.41, 5.74) is 2.01. The fraction of sp³-hybridized carbons (Fsp3) is 0.450. The van der Waals surface area contributed by atoms with Crippen molar-refractivity contribution >= 4 is 38.6 Å². The monoisotopic (exact) mass is 477 g/mol. The van der Waals surface area contributed by atoms with Gasteiger partial charge < -0.3 is 9.84 Å². The van der Waals surface area contributed by atoms with Crippen molar-refractivity contribution < 1.29 is 9.84 Å². The van der Waals surface area contributed by atoms with Gasteiger partial charge in [0.05, 0.1) is 20.6 Å². The molecule has 0 spiro atoms. The number of pyridine rings is 1. The molecule has 2 aliphatic rings. The third kappa shape index (κ3) is 3.99. The molecule has 29 heavy (non-hydrogen) atoms. The molecule has 2 aromatic heterocycles. The number of ether oxygens (including phenoxy) is 1. The predicted molar refractivity (Wildman–Crippen MR) is 113 cm³/mol. The lowest BCUT2D eigenvalue weighted by Crippen LogP contribution is -2.59.